The van der Waals surface area contributed by atoms with E-state index in [9.17, 15) is 8.42 Å². The van der Waals surface area contributed by atoms with Crippen molar-refractivity contribution in [3.05, 3.63) is 0 Å². The van der Waals surface area contributed by atoms with E-state index in [4.69, 9.17) is 0 Å². The third-order valence-corrected chi connectivity index (χ3v) is 2.55. The molecule has 1 aliphatic heterocycles. The van der Waals surface area contributed by atoms with Gasteiger partial charge in [0.05, 0.1) is 0 Å². The average molecular weight is 165 g/mol. The molecule has 0 aromatic carbocycles. The standard InChI is InChI=1S/C4H11N3O2S/c1-5-10(8,9)7-4-2-6-3-4/h4-7H,2-3H2,1H3. The molecule has 0 saturated carbocycles. The van der Waals surface area contributed by atoms with Crippen molar-refractivity contribution in [3.8, 4) is 0 Å². The first-order valence-electron chi connectivity index (χ1n) is 3.05. The van der Waals surface area contributed by atoms with Crippen LogP contribution in [0.1, 0.15) is 0 Å². The first-order valence-corrected chi connectivity index (χ1v) is 4.54. The van der Waals surface area contributed by atoms with E-state index in [1.54, 1.807) is 0 Å². The Balaban J connectivity index is 2.36. The van der Waals surface area contributed by atoms with Gasteiger partial charge in [-0.25, -0.2) is 4.72 Å². The highest BCUT2D eigenvalue weighted by Crippen LogP contribution is 1.91. The van der Waals surface area contributed by atoms with E-state index in [-0.39, 0.29) is 6.04 Å². The van der Waals surface area contributed by atoms with Gasteiger partial charge < -0.3 is 5.32 Å². The molecule has 5 nitrogen and oxygen atoms in total. The number of nitrogens with one attached hydrogen (secondary N) is 3. The third-order valence-electron chi connectivity index (χ3n) is 1.37. The molecule has 1 heterocycles. The van der Waals surface area contributed by atoms with Crippen LogP contribution in [0.5, 0.6) is 0 Å². The molecule has 60 valence electrons. The Morgan fingerprint density at radius 1 is 1.50 bits per heavy atom. The highest BCUT2D eigenvalue weighted by molar-refractivity contribution is 7.87. The molecule has 3 N–H and O–H groups in total. The second kappa shape index (κ2) is 2.83. The zero-order valence-electron chi connectivity index (χ0n) is 5.72. The fourth-order valence-electron chi connectivity index (χ4n) is 0.650. The highest BCUT2D eigenvalue weighted by Gasteiger charge is 2.21. The Morgan fingerprint density at radius 2 is 2.10 bits per heavy atom. The van der Waals surface area contributed by atoms with Crippen LogP contribution in [0.4, 0.5) is 0 Å². The fourth-order valence-corrected chi connectivity index (χ4v) is 1.37. The summed E-state index contributed by atoms with van der Waals surface area (Å²) in [5.74, 6) is 0. The van der Waals surface area contributed by atoms with Gasteiger partial charge in [-0.15, -0.1) is 0 Å². The van der Waals surface area contributed by atoms with E-state index in [0.717, 1.165) is 13.1 Å². The molecule has 0 aromatic heterocycles. The molecule has 0 aromatic rings. The van der Waals surface area contributed by atoms with Crippen molar-refractivity contribution < 1.29 is 8.42 Å². The lowest BCUT2D eigenvalue weighted by Crippen LogP contribution is -2.58. The predicted molar refractivity (Wildman–Crippen MR) is 37.8 cm³/mol. The highest BCUT2D eigenvalue weighted by atomic mass is 32.2. The molecule has 1 aliphatic rings. The van der Waals surface area contributed by atoms with Gasteiger partial charge in [-0.1, -0.05) is 0 Å². The first kappa shape index (κ1) is 7.93. The smallest absolute Gasteiger partial charge is 0.276 e. The molecule has 0 atom stereocenters. The predicted octanol–water partition coefficient (Wildman–Crippen LogP) is -1.99. The summed E-state index contributed by atoms with van der Waals surface area (Å²) >= 11 is 0. The number of hydrogen-bond donors (Lipinski definition) is 3. The fraction of sp³-hybridized carbons (Fsp3) is 1.00. The van der Waals surface area contributed by atoms with E-state index in [2.05, 4.69) is 14.8 Å². The second-order valence-electron chi connectivity index (χ2n) is 2.18. The van der Waals surface area contributed by atoms with Crippen LogP contribution in [-0.2, 0) is 10.2 Å². The van der Waals surface area contributed by atoms with Crippen LogP contribution in [0.3, 0.4) is 0 Å². The minimum Gasteiger partial charge on any atom is -0.313 e. The lowest BCUT2D eigenvalue weighted by atomic mass is 10.2. The molecule has 0 amide bonds. The Labute approximate surface area is 60.4 Å². The summed E-state index contributed by atoms with van der Waals surface area (Å²) in [4.78, 5) is 0. The van der Waals surface area contributed by atoms with E-state index in [1.165, 1.54) is 7.05 Å². The van der Waals surface area contributed by atoms with Gasteiger partial charge in [0.2, 0.25) is 0 Å². The van der Waals surface area contributed by atoms with Gasteiger partial charge in [0.25, 0.3) is 10.2 Å². The Kier molecular flexibility index (Phi) is 2.24. The monoisotopic (exact) mass is 165 g/mol. The zero-order chi connectivity index (χ0) is 7.61. The minimum atomic E-state index is -3.22. The van der Waals surface area contributed by atoms with Gasteiger partial charge in [-0.05, 0) is 0 Å². The van der Waals surface area contributed by atoms with E-state index in [1.807, 2.05) is 0 Å². The molecule has 1 rings (SSSR count). The van der Waals surface area contributed by atoms with Gasteiger partial charge in [-0.3, -0.25) is 0 Å². The van der Waals surface area contributed by atoms with Crippen molar-refractivity contribution in [3.63, 3.8) is 0 Å². The van der Waals surface area contributed by atoms with Crippen molar-refractivity contribution in [1.29, 1.82) is 0 Å². The average Bonchev–Trinajstić information content (AvgIpc) is 1.80. The molecule has 0 radical (unpaired) electrons. The molecule has 1 fully saturated rings. The molecule has 1 saturated heterocycles. The Morgan fingerprint density at radius 3 is 2.40 bits per heavy atom. The van der Waals surface area contributed by atoms with E-state index >= 15 is 0 Å². The molecule has 0 aliphatic carbocycles. The van der Waals surface area contributed by atoms with Gasteiger partial charge in [0, 0.05) is 26.2 Å². The normalized spacial score (nSPS) is 20.5. The van der Waals surface area contributed by atoms with Gasteiger partial charge in [-0.2, -0.15) is 13.1 Å². The molecule has 6 heteroatoms. The number of rotatable bonds is 3. The van der Waals surface area contributed by atoms with Crippen LogP contribution in [0.15, 0.2) is 0 Å². The van der Waals surface area contributed by atoms with Crippen molar-refractivity contribution in [2.24, 2.45) is 0 Å². The Hall–Kier alpha value is -0.170. The minimum absolute atomic E-state index is 0.0671. The molecule has 0 unspecified atom stereocenters. The quantitative estimate of drug-likeness (QED) is 0.453. The summed E-state index contributed by atoms with van der Waals surface area (Å²) in [7, 11) is -1.84. The van der Waals surface area contributed by atoms with Crippen LogP contribution in [-0.4, -0.2) is 34.6 Å². The summed E-state index contributed by atoms with van der Waals surface area (Å²) in [6.45, 7) is 1.45. The van der Waals surface area contributed by atoms with Crippen LogP contribution >= 0.6 is 0 Å². The summed E-state index contributed by atoms with van der Waals surface area (Å²) in [5, 5.41) is 2.95. The second-order valence-corrected chi connectivity index (χ2v) is 3.83. The van der Waals surface area contributed by atoms with Crippen LogP contribution < -0.4 is 14.8 Å². The van der Waals surface area contributed by atoms with Crippen molar-refractivity contribution in [2.75, 3.05) is 20.1 Å². The maximum atomic E-state index is 10.8. The molecular weight excluding hydrogens is 154 g/mol. The maximum Gasteiger partial charge on any atom is 0.276 e. The van der Waals surface area contributed by atoms with Crippen LogP contribution in [0, 0.1) is 0 Å². The molecule has 0 spiro atoms. The topological polar surface area (TPSA) is 70.2 Å². The summed E-state index contributed by atoms with van der Waals surface area (Å²) in [6.07, 6.45) is 0. The lowest BCUT2D eigenvalue weighted by molar-refractivity contribution is 0.409. The van der Waals surface area contributed by atoms with Crippen molar-refractivity contribution >= 4 is 10.2 Å². The van der Waals surface area contributed by atoms with Gasteiger partial charge in [0.15, 0.2) is 0 Å². The summed E-state index contributed by atoms with van der Waals surface area (Å²) in [5.41, 5.74) is 0. The Bertz CT molecular complexity index is 197. The molecule has 10 heavy (non-hydrogen) atoms. The van der Waals surface area contributed by atoms with Crippen LogP contribution in [0.25, 0.3) is 0 Å². The lowest BCUT2D eigenvalue weighted by Gasteiger charge is -2.27. The van der Waals surface area contributed by atoms with Gasteiger partial charge in [0.1, 0.15) is 0 Å². The van der Waals surface area contributed by atoms with E-state index < -0.39 is 10.2 Å². The largest absolute Gasteiger partial charge is 0.313 e. The zero-order valence-corrected chi connectivity index (χ0v) is 6.53. The SMILES string of the molecule is CNS(=O)(=O)NC1CNC1. The van der Waals surface area contributed by atoms with Gasteiger partial charge >= 0.3 is 0 Å². The number of hydrogen-bond acceptors (Lipinski definition) is 3. The van der Waals surface area contributed by atoms with Crippen LogP contribution in [0.2, 0.25) is 0 Å². The van der Waals surface area contributed by atoms with Crippen molar-refractivity contribution in [2.45, 2.75) is 6.04 Å². The van der Waals surface area contributed by atoms with E-state index in [0.29, 0.717) is 0 Å². The molecular formula is C4H11N3O2S. The summed E-state index contributed by atoms with van der Waals surface area (Å²) < 4.78 is 26.1. The maximum absolute atomic E-state index is 10.8. The molecule has 0 bridgehead atoms. The third kappa shape index (κ3) is 1.91. The summed E-state index contributed by atoms with van der Waals surface area (Å²) in [6, 6.07) is 0.0671. The van der Waals surface area contributed by atoms with Crippen molar-refractivity contribution in [1.82, 2.24) is 14.8 Å². The first-order chi connectivity index (χ1) is 4.64.